The Morgan fingerprint density at radius 2 is 1.89 bits per heavy atom. The lowest BCUT2D eigenvalue weighted by Gasteiger charge is -2.30. The van der Waals surface area contributed by atoms with Crippen molar-refractivity contribution in [2.45, 2.75) is 57.9 Å². The summed E-state index contributed by atoms with van der Waals surface area (Å²) in [6.07, 6.45) is 6.79. The van der Waals surface area contributed by atoms with Gasteiger partial charge < -0.3 is 5.32 Å². The minimum absolute atomic E-state index is 0.00897. The Bertz CT molecular complexity index is 378. The van der Waals surface area contributed by atoms with E-state index in [2.05, 4.69) is 10.0 Å². The van der Waals surface area contributed by atoms with Crippen molar-refractivity contribution in [3.8, 4) is 0 Å². The topological polar surface area (TPSA) is 78.5 Å². The minimum atomic E-state index is -3.72. The van der Waals surface area contributed by atoms with Crippen molar-refractivity contribution in [3.63, 3.8) is 0 Å². The summed E-state index contributed by atoms with van der Waals surface area (Å²) in [6.45, 7) is 2.50. The molecule has 0 aromatic rings. The molecule has 1 saturated carbocycles. The molecule has 0 aliphatic heterocycles. The van der Waals surface area contributed by atoms with E-state index in [4.69, 9.17) is 0 Å². The summed E-state index contributed by atoms with van der Waals surface area (Å²) >= 11 is 0. The van der Waals surface area contributed by atoms with Crippen LogP contribution in [-0.2, 0) is 10.2 Å². The van der Waals surface area contributed by atoms with Gasteiger partial charge in [0.25, 0.3) is 0 Å². The second-order valence-electron chi connectivity index (χ2n) is 5.02. The zero-order chi connectivity index (χ0) is 14.3. The van der Waals surface area contributed by atoms with E-state index in [-0.39, 0.29) is 6.04 Å². The molecule has 1 aliphatic rings. The first-order valence-electron chi connectivity index (χ1n) is 7.01. The molecule has 1 rings (SSSR count). The first kappa shape index (κ1) is 16.2. The van der Waals surface area contributed by atoms with Crippen LogP contribution in [0.5, 0.6) is 0 Å². The summed E-state index contributed by atoms with van der Waals surface area (Å²) in [5, 5.41) is 2.54. The van der Waals surface area contributed by atoms with Crippen LogP contribution in [0.3, 0.4) is 0 Å². The summed E-state index contributed by atoms with van der Waals surface area (Å²) in [6, 6.07) is -0.634. The van der Waals surface area contributed by atoms with Gasteiger partial charge in [0.05, 0.1) is 0 Å². The predicted molar refractivity (Wildman–Crippen MR) is 75.0 cm³/mol. The molecule has 1 fully saturated rings. The Morgan fingerprint density at radius 1 is 1.26 bits per heavy atom. The SMILES string of the molecule is CCCCNC(=O)NS(=O)(=O)N(C)C1CCCCC1. The van der Waals surface area contributed by atoms with Crippen molar-refractivity contribution >= 4 is 16.2 Å². The first-order valence-corrected chi connectivity index (χ1v) is 8.45. The van der Waals surface area contributed by atoms with Crippen LogP contribution in [-0.4, -0.2) is 38.4 Å². The fourth-order valence-electron chi connectivity index (χ4n) is 2.24. The number of nitrogens with one attached hydrogen (secondary N) is 2. The fraction of sp³-hybridized carbons (Fsp3) is 0.917. The average Bonchev–Trinajstić information content (AvgIpc) is 2.38. The van der Waals surface area contributed by atoms with Crippen LogP contribution < -0.4 is 10.0 Å². The number of carbonyl (C=O) groups is 1. The highest BCUT2D eigenvalue weighted by atomic mass is 32.2. The zero-order valence-electron chi connectivity index (χ0n) is 11.8. The predicted octanol–water partition coefficient (Wildman–Crippen LogP) is 1.60. The quantitative estimate of drug-likeness (QED) is 0.730. The molecule has 0 spiro atoms. The molecule has 112 valence electrons. The first-order chi connectivity index (χ1) is 8.97. The highest BCUT2D eigenvalue weighted by molar-refractivity contribution is 7.87. The smallest absolute Gasteiger partial charge is 0.329 e. The third-order valence-electron chi connectivity index (χ3n) is 3.51. The highest BCUT2D eigenvalue weighted by Crippen LogP contribution is 2.22. The fourth-order valence-corrected chi connectivity index (χ4v) is 3.30. The maximum absolute atomic E-state index is 12.0. The Labute approximate surface area is 116 Å². The number of hydrogen-bond donors (Lipinski definition) is 2. The van der Waals surface area contributed by atoms with Gasteiger partial charge in [-0.15, -0.1) is 0 Å². The molecule has 0 heterocycles. The maximum Gasteiger partial charge on any atom is 0.329 e. The number of hydrogen-bond acceptors (Lipinski definition) is 3. The van der Waals surface area contributed by atoms with Crippen molar-refractivity contribution in [2.24, 2.45) is 0 Å². The molecule has 0 aromatic heterocycles. The van der Waals surface area contributed by atoms with Crippen LogP contribution in [0, 0.1) is 0 Å². The van der Waals surface area contributed by atoms with Gasteiger partial charge >= 0.3 is 16.2 Å². The second kappa shape index (κ2) is 7.69. The summed E-state index contributed by atoms with van der Waals surface area (Å²) < 4.78 is 27.4. The molecule has 6 nitrogen and oxygen atoms in total. The van der Waals surface area contributed by atoms with Gasteiger partial charge in [0.2, 0.25) is 0 Å². The summed E-state index contributed by atoms with van der Waals surface area (Å²) in [5.74, 6) is 0. The third kappa shape index (κ3) is 5.36. The lowest BCUT2D eigenvalue weighted by atomic mass is 9.96. The molecule has 2 N–H and O–H groups in total. The normalized spacial score (nSPS) is 17.4. The number of rotatable bonds is 6. The maximum atomic E-state index is 12.0. The standard InChI is InChI=1S/C12H25N3O3S/c1-3-4-10-13-12(16)14-19(17,18)15(2)11-8-6-5-7-9-11/h11H,3-10H2,1-2H3,(H2,13,14,16). The van der Waals surface area contributed by atoms with Gasteiger partial charge in [0.1, 0.15) is 0 Å². The lowest BCUT2D eigenvalue weighted by Crippen LogP contribution is -2.49. The van der Waals surface area contributed by atoms with Crippen LogP contribution >= 0.6 is 0 Å². The van der Waals surface area contributed by atoms with Crippen LogP contribution in [0.15, 0.2) is 0 Å². The Hall–Kier alpha value is -0.820. The number of carbonyl (C=O) groups excluding carboxylic acids is 1. The number of nitrogens with zero attached hydrogens (tertiary/aromatic N) is 1. The van der Waals surface area contributed by atoms with E-state index in [1.54, 1.807) is 0 Å². The lowest BCUT2D eigenvalue weighted by molar-refractivity contribution is 0.243. The largest absolute Gasteiger partial charge is 0.337 e. The van der Waals surface area contributed by atoms with Crippen LogP contribution in [0.2, 0.25) is 0 Å². The Kier molecular flexibility index (Phi) is 6.57. The van der Waals surface area contributed by atoms with Gasteiger partial charge in [-0.3, -0.25) is 0 Å². The van der Waals surface area contributed by atoms with E-state index < -0.39 is 16.2 Å². The molecule has 0 aromatic carbocycles. The van der Waals surface area contributed by atoms with E-state index in [0.717, 1.165) is 44.9 Å². The van der Waals surface area contributed by atoms with E-state index in [9.17, 15) is 13.2 Å². The molecule has 0 saturated heterocycles. The molecule has 2 amide bonds. The Balaban J connectivity index is 2.47. The van der Waals surface area contributed by atoms with Gasteiger partial charge in [0.15, 0.2) is 0 Å². The van der Waals surface area contributed by atoms with Gasteiger partial charge in [-0.1, -0.05) is 32.6 Å². The molecular formula is C12H25N3O3S. The van der Waals surface area contributed by atoms with Gasteiger partial charge in [-0.2, -0.15) is 12.7 Å². The molecule has 0 unspecified atom stereocenters. The van der Waals surface area contributed by atoms with Crippen LogP contribution in [0.25, 0.3) is 0 Å². The number of urea groups is 1. The molecule has 7 heteroatoms. The molecule has 1 aliphatic carbocycles. The number of unbranched alkanes of at least 4 members (excludes halogenated alkanes) is 1. The van der Waals surface area contributed by atoms with E-state index >= 15 is 0 Å². The van der Waals surface area contributed by atoms with Gasteiger partial charge in [-0.25, -0.2) is 9.52 Å². The molecule has 0 radical (unpaired) electrons. The summed E-state index contributed by atoms with van der Waals surface area (Å²) in [4.78, 5) is 11.5. The van der Waals surface area contributed by atoms with Crippen LogP contribution in [0.1, 0.15) is 51.9 Å². The molecule has 19 heavy (non-hydrogen) atoms. The number of amides is 2. The average molecular weight is 291 g/mol. The second-order valence-corrected chi connectivity index (χ2v) is 6.75. The molecule has 0 bridgehead atoms. The molecule has 0 atom stereocenters. The highest BCUT2D eigenvalue weighted by Gasteiger charge is 2.28. The van der Waals surface area contributed by atoms with Crippen molar-refractivity contribution in [1.82, 2.24) is 14.3 Å². The summed E-state index contributed by atoms with van der Waals surface area (Å²) in [5.41, 5.74) is 0. The minimum Gasteiger partial charge on any atom is -0.337 e. The summed E-state index contributed by atoms with van der Waals surface area (Å²) in [7, 11) is -2.19. The van der Waals surface area contributed by atoms with Gasteiger partial charge in [0, 0.05) is 19.6 Å². The van der Waals surface area contributed by atoms with E-state index in [1.165, 1.54) is 11.4 Å². The van der Waals surface area contributed by atoms with Crippen molar-refractivity contribution in [2.75, 3.05) is 13.6 Å². The Morgan fingerprint density at radius 3 is 2.47 bits per heavy atom. The van der Waals surface area contributed by atoms with Crippen molar-refractivity contribution in [1.29, 1.82) is 0 Å². The monoisotopic (exact) mass is 291 g/mol. The van der Waals surface area contributed by atoms with Crippen molar-refractivity contribution in [3.05, 3.63) is 0 Å². The molecular weight excluding hydrogens is 266 g/mol. The van der Waals surface area contributed by atoms with Crippen LogP contribution in [0.4, 0.5) is 4.79 Å². The zero-order valence-corrected chi connectivity index (χ0v) is 12.6. The van der Waals surface area contributed by atoms with E-state index in [1.807, 2.05) is 6.92 Å². The van der Waals surface area contributed by atoms with E-state index in [0.29, 0.717) is 6.54 Å². The van der Waals surface area contributed by atoms with Gasteiger partial charge in [-0.05, 0) is 19.3 Å². The van der Waals surface area contributed by atoms with Crippen molar-refractivity contribution < 1.29 is 13.2 Å². The third-order valence-corrected chi connectivity index (χ3v) is 5.01.